The van der Waals surface area contributed by atoms with Crippen LogP contribution >= 0.6 is 23.7 Å². The van der Waals surface area contributed by atoms with E-state index in [1.165, 1.54) is 24.3 Å². The quantitative estimate of drug-likeness (QED) is 0.174. The Balaban J connectivity index is 1.63. The van der Waals surface area contributed by atoms with Gasteiger partial charge >= 0.3 is 23.7 Å². The van der Waals surface area contributed by atoms with Crippen molar-refractivity contribution in [1.82, 2.24) is 4.90 Å². The van der Waals surface area contributed by atoms with Crippen LogP contribution in [-0.2, 0) is 42.9 Å². The van der Waals surface area contributed by atoms with Crippen molar-refractivity contribution in [2.24, 2.45) is 5.92 Å². The molecule has 1 aliphatic rings. The summed E-state index contributed by atoms with van der Waals surface area (Å²) >= 11 is 0. The first-order valence-electron chi connectivity index (χ1n) is 13.6. The van der Waals surface area contributed by atoms with Gasteiger partial charge in [0.05, 0.1) is 6.16 Å². The average Bonchev–Trinajstić information content (AvgIpc) is 3.08. The van der Waals surface area contributed by atoms with E-state index < -0.39 is 29.6 Å². The van der Waals surface area contributed by atoms with Crippen LogP contribution in [0, 0.1) is 5.92 Å². The second-order valence-electron chi connectivity index (χ2n) is 10.2. The maximum Gasteiger partial charge on any atom is 0.513 e. The minimum absolute atomic E-state index is 0.0390. The van der Waals surface area contributed by atoms with E-state index in [1.54, 1.807) is 43.1 Å². The number of allylic oxidation sites excluding steroid dienone is 2. The molecule has 1 heterocycles. The Kier molecular flexibility index (Phi) is 12.5. The second-order valence-corrected chi connectivity index (χ2v) is 14.9. The van der Waals surface area contributed by atoms with Crippen molar-refractivity contribution in [1.29, 1.82) is 0 Å². The fourth-order valence-electron chi connectivity index (χ4n) is 4.74. The summed E-state index contributed by atoms with van der Waals surface area (Å²) in [7, 11) is -6.66. The molecule has 0 bridgehead atoms. The van der Waals surface area contributed by atoms with Crippen molar-refractivity contribution in [3.05, 3.63) is 71.8 Å². The third-order valence-electron chi connectivity index (χ3n) is 6.82. The lowest BCUT2D eigenvalue weighted by Gasteiger charge is -2.26. The summed E-state index contributed by atoms with van der Waals surface area (Å²) in [6.45, 7) is 4.71. The van der Waals surface area contributed by atoms with Gasteiger partial charge in [0.2, 0.25) is 11.8 Å². The lowest BCUT2D eigenvalue weighted by atomic mass is 9.94. The minimum atomic E-state index is -3.88. The summed E-state index contributed by atoms with van der Waals surface area (Å²) in [6, 6.07) is 16.1. The number of anilines is 1. The first-order valence-corrected chi connectivity index (χ1v) is 18.6. The van der Waals surface area contributed by atoms with Crippen molar-refractivity contribution in [2.75, 3.05) is 38.4 Å². The largest absolute Gasteiger partial charge is 0.513 e. The Morgan fingerprint density at radius 2 is 1.64 bits per heavy atom. The van der Waals surface area contributed by atoms with Crippen LogP contribution in [0.2, 0.25) is 0 Å². The highest BCUT2D eigenvalue weighted by atomic mass is 31.3. The summed E-state index contributed by atoms with van der Waals surface area (Å²) in [4.78, 5) is 42.3. The molecule has 0 spiro atoms. The Labute approximate surface area is 248 Å². The summed E-state index contributed by atoms with van der Waals surface area (Å²) in [5, 5.41) is 0. The molecule has 10 nitrogen and oxygen atoms in total. The predicted octanol–water partition coefficient (Wildman–Crippen LogP) is 6.81. The van der Waals surface area contributed by atoms with Crippen LogP contribution in [0.25, 0.3) is 5.57 Å². The number of carbonyl (C=O) groups excluding carboxylic acids is 3. The fraction of sp³-hybridized carbons (Fsp3) is 0.414. The fourth-order valence-corrected chi connectivity index (χ4v) is 9.05. The number of hydrogen-bond donors (Lipinski definition) is 0. The molecule has 1 aliphatic heterocycles. The van der Waals surface area contributed by atoms with Crippen LogP contribution in [0.5, 0.6) is 0 Å². The van der Waals surface area contributed by atoms with E-state index in [0.29, 0.717) is 24.1 Å². The summed E-state index contributed by atoms with van der Waals surface area (Å²) in [5.74, 6) is -1.05. The van der Waals surface area contributed by atoms with Crippen LogP contribution < -0.4 is 4.90 Å². The smallest absolute Gasteiger partial charge is 0.333 e. The topological polar surface area (TPSA) is 127 Å². The van der Waals surface area contributed by atoms with Gasteiger partial charge in [0.1, 0.15) is 6.54 Å². The van der Waals surface area contributed by atoms with Gasteiger partial charge < -0.3 is 9.80 Å². The zero-order chi connectivity index (χ0) is 30.9. The van der Waals surface area contributed by atoms with Gasteiger partial charge in [-0.05, 0) is 63.8 Å². The molecule has 3 unspecified atom stereocenters. The average molecular weight is 635 g/mol. The van der Waals surface area contributed by atoms with Crippen LogP contribution in [-0.4, -0.2) is 56.0 Å². The number of nitrogens with zero attached hydrogens (tertiary/aromatic N) is 2. The summed E-state index contributed by atoms with van der Waals surface area (Å²) < 4.78 is 45.8. The second kappa shape index (κ2) is 15.6. The number of ketones is 1. The molecule has 2 aromatic carbocycles. The molecule has 0 aromatic heterocycles. The number of hydrogen-bond acceptors (Lipinski definition) is 8. The molecule has 1 fully saturated rings. The Morgan fingerprint density at radius 3 is 2.24 bits per heavy atom. The van der Waals surface area contributed by atoms with E-state index in [1.807, 2.05) is 30.3 Å². The van der Waals surface area contributed by atoms with Crippen molar-refractivity contribution in [2.45, 2.75) is 38.8 Å². The Hall–Kier alpha value is -2.86. The molecule has 224 valence electrons. The van der Waals surface area contributed by atoms with Gasteiger partial charge in [-0.1, -0.05) is 57.5 Å². The molecule has 3 rings (SSSR count). The number of benzene rings is 2. The van der Waals surface area contributed by atoms with E-state index in [9.17, 15) is 28.1 Å². The molecule has 0 N–H and O–H groups in total. The van der Waals surface area contributed by atoms with E-state index in [0.717, 1.165) is 24.1 Å². The highest BCUT2D eigenvalue weighted by molar-refractivity contribution is 7.66. The summed E-state index contributed by atoms with van der Waals surface area (Å²) in [5.41, 5.74) is 2.74. The molecular weight excluding hydrogens is 597 g/mol. The molecule has 2 amide bonds. The maximum atomic E-state index is 13.3. The maximum absolute atomic E-state index is 13.3. The van der Waals surface area contributed by atoms with Crippen molar-refractivity contribution in [3.63, 3.8) is 0 Å². The monoisotopic (exact) mass is 634 g/mol. The van der Waals surface area contributed by atoms with E-state index in [2.05, 4.69) is 0 Å². The zero-order valence-electron chi connectivity index (χ0n) is 24.3. The first-order chi connectivity index (χ1) is 19.9. The molecule has 0 saturated carbocycles. The molecular formula is C29H37N2O8P3+2. The number of rotatable bonds is 13. The summed E-state index contributed by atoms with van der Waals surface area (Å²) in [6.07, 6.45) is 3.50. The number of likely N-dealkylation sites (N-methyl/N-ethyl adjacent to an activating group) is 1. The van der Waals surface area contributed by atoms with Crippen molar-refractivity contribution >= 4 is 52.5 Å². The van der Waals surface area contributed by atoms with Gasteiger partial charge in [-0.25, -0.2) is 0 Å². The molecule has 13 heteroatoms. The van der Waals surface area contributed by atoms with Gasteiger partial charge in [-0.3, -0.25) is 18.9 Å². The lowest BCUT2D eigenvalue weighted by Crippen LogP contribution is -2.43. The van der Waals surface area contributed by atoms with E-state index in [4.69, 9.17) is 8.62 Å². The zero-order valence-corrected chi connectivity index (χ0v) is 27.0. The minimum Gasteiger partial charge on any atom is -0.333 e. The molecule has 42 heavy (non-hydrogen) atoms. The Bertz CT molecular complexity index is 1380. The van der Waals surface area contributed by atoms with Crippen LogP contribution in [0.4, 0.5) is 5.69 Å². The van der Waals surface area contributed by atoms with E-state index in [-0.39, 0.29) is 36.7 Å². The molecule has 2 aromatic rings. The molecule has 1 saturated heterocycles. The van der Waals surface area contributed by atoms with E-state index >= 15 is 0 Å². The van der Waals surface area contributed by atoms with Crippen LogP contribution in [0.1, 0.15) is 43.7 Å². The number of amides is 2. The standard InChI is InChI=1S/C29H37N2O8P3/c1-22(24-15-13-23(14-16-24)21-42(37,38-40(3)35)39-41(4)36)18-27(32)19-25-10-8-9-17-31(29(25)34)20-28(33)30(2)26-11-6-5-7-12-26/h5-7,11-16,18,25H,8-10,17,19-21H2,1-4H3/q+2/b22-18+. The molecule has 3 atom stereocenters. The van der Waals surface area contributed by atoms with Crippen LogP contribution in [0.3, 0.4) is 0 Å². The van der Waals surface area contributed by atoms with Gasteiger partial charge in [0.25, 0.3) is 0 Å². The molecule has 0 radical (unpaired) electrons. The number of para-hydroxylation sites is 1. The first kappa shape index (κ1) is 33.6. The van der Waals surface area contributed by atoms with Gasteiger partial charge in [-0.15, -0.1) is 0 Å². The van der Waals surface area contributed by atoms with Crippen LogP contribution in [0.15, 0.2) is 60.7 Å². The predicted molar refractivity (Wildman–Crippen MR) is 164 cm³/mol. The van der Waals surface area contributed by atoms with Gasteiger partial charge in [0, 0.05) is 31.6 Å². The third kappa shape index (κ3) is 10.1. The van der Waals surface area contributed by atoms with Crippen molar-refractivity contribution < 1.29 is 36.7 Å². The van der Waals surface area contributed by atoms with Crippen molar-refractivity contribution in [3.8, 4) is 0 Å². The Morgan fingerprint density at radius 1 is 1.02 bits per heavy atom. The SMILES string of the molecule is C/C(=C\C(=O)CC1CCCCN(CC(=O)N(C)c2ccccc2)C1=O)c1ccc(CP(=O)(O[P+](C)=O)O[P+](C)=O)cc1. The third-order valence-corrected chi connectivity index (χ3v) is 11.4. The van der Waals surface area contributed by atoms with Gasteiger partial charge in [-0.2, -0.15) is 0 Å². The number of carbonyl (C=O) groups is 3. The highest BCUT2D eigenvalue weighted by Crippen LogP contribution is 2.61. The highest BCUT2D eigenvalue weighted by Gasteiger charge is 2.41. The van der Waals surface area contributed by atoms with Gasteiger partial charge in [0.15, 0.2) is 19.1 Å². The molecule has 0 aliphatic carbocycles. The number of likely N-dealkylation sites (tertiary alicyclic amines) is 1. The lowest BCUT2D eigenvalue weighted by molar-refractivity contribution is -0.139. The normalized spacial score (nSPS) is 18.1.